The molecule has 1 fully saturated rings. The second kappa shape index (κ2) is 13.1. The summed E-state index contributed by atoms with van der Waals surface area (Å²) >= 11 is 0. The molecule has 3 N–H and O–H groups in total. The normalized spacial score (nSPS) is 14.1. The van der Waals surface area contributed by atoms with E-state index in [0.717, 1.165) is 51.4 Å². The average Bonchev–Trinajstić information content (AvgIpc) is 3.27. The summed E-state index contributed by atoms with van der Waals surface area (Å²) in [5.41, 5.74) is 5.47. The molecule has 1 saturated heterocycles. The van der Waals surface area contributed by atoms with Crippen molar-refractivity contribution >= 4 is 22.5 Å². The molecule has 1 aromatic heterocycles. The van der Waals surface area contributed by atoms with E-state index in [1.54, 1.807) is 36.4 Å². The highest BCUT2D eigenvalue weighted by molar-refractivity contribution is 6.04. The predicted octanol–water partition coefficient (Wildman–Crippen LogP) is 7.02. The number of anilines is 1. The maximum atomic E-state index is 12.9. The third-order valence-corrected chi connectivity index (χ3v) is 8.83. The van der Waals surface area contributed by atoms with Crippen molar-refractivity contribution in [2.75, 3.05) is 45.1 Å². The molecule has 1 aliphatic rings. The number of rotatable bonds is 9. The van der Waals surface area contributed by atoms with Gasteiger partial charge in [-0.05, 0) is 87.5 Å². The number of aryl methyl sites for hydroxylation is 2. The fraction of sp³-hybridized carbons (Fsp3) is 0.270. The van der Waals surface area contributed by atoms with Crippen molar-refractivity contribution < 1.29 is 19.7 Å². The molecular formula is C37H40N4O4. The van der Waals surface area contributed by atoms with Crippen LogP contribution in [0.2, 0.25) is 0 Å². The number of phenolic OH excluding ortho intramolecular Hbond substituents is 2. The molecule has 0 saturated carbocycles. The number of hydrogen-bond acceptors (Lipinski definition) is 6. The number of piperazine rings is 1. The number of ether oxygens (including phenoxy) is 1. The molecule has 232 valence electrons. The molecule has 1 aliphatic heterocycles. The second-order valence-corrected chi connectivity index (χ2v) is 11.9. The maximum Gasteiger partial charge on any atom is 0.255 e. The molecule has 5 aromatic rings. The first-order valence-electron chi connectivity index (χ1n) is 15.5. The second-order valence-electron chi connectivity index (χ2n) is 11.9. The number of benzene rings is 4. The Kier molecular flexibility index (Phi) is 8.78. The first-order chi connectivity index (χ1) is 21.8. The van der Waals surface area contributed by atoms with Crippen LogP contribution in [0.5, 0.6) is 23.0 Å². The number of aromatic hydroxyl groups is 2. The zero-order chi connectivity index (χ0) is 31.5. The summed E-state index contributed by atoms with van der Waals surface area (Å²) in [6.45, 7) is 11.0. The number of hydrogen-bond donors (Lipinski definition) is 3. The lowest BCUT2D eigenvalue weighted by Gasteiger charge is -2.32. The van der Waals surface area contributed by atoms with Gasteiger partial charge in [0.15, 0.2) is 0 Å². The monoisotopic (exact) mass is 604 g/mol. The van der Waals surface area contributed by atoms with E-state index in [2.05, 4.69) is 52.7 Å². The average molecular weight is 605 g/mol. The van der Waals surface area contributed by atoms with Gasteiger partial charge in [0.25, 0.3) is 5.91 Å². The van der Waals surface area contributed by atoms with Gasteiger partial charge in [-0.3, -0.25) is 4.79 Å². The molecule has 0 atom stereocenters. The van der Waals surface area contributed by atoms with Crippen molar-refractivity contribution in [3.05, 3.63) is 102 Å². The fourth-order valence-electron chi connectivity index (χ4n) is 6.10. The number of aromatic nitrogens is 1. The standard InChI is InChI=1S/C37H40N4O4/c1-25-26(2)41(17-7-16-40-20-18-39(3)19-21-40)33-15-14-31(24-32(25)33)45-30-12-10-28(11-13-30)37(44)38-29-22-34(42)36(35(43)23-29)27-8-5-4-6-9-27/h4-6,8-15,22-24,42-43H,7,16-21H2,1-3H3,(H,38,44). The SMILES string of the molecule is Cc1c(C)n(CCCN2CCN(C)CC2)c2ccc(Oc3ccc(C(=O)Nc4cc(O)c(-c5ccccc5)c(O)c4)cc3)cc12. The van der Waals surface area contributed by atoms with Crippen molar-refractivity contribution in [1.29, 1.82) is 0 Å². The van der Waals surface area contributed by atoms with Gasteiger partial charge in [-0.2, -0.15) is 0 Å². The Morgan fingerprint density at radius 3 is 2.18 bits per heavy atom. The Morgan fingerprint density at radius 1 is 0.822 bits per heavy atom. The van der Waals surface area contributed by atoms with Crippen molar-refractivity contribution in [2.24, 2.45) is 0 Å². The summed E-state index contributed by atoms with van der Waals surface area (Å²) in [4.78, 5) is 17.9. The van der Waals surface area contributed by atoms with Gasteiger partial charge in [0.1, 0.15) is 23.0 Å². The van der Waals surface area contributed by atoms with Crippen LogP contribution in [0, 0.1) is 13.8 Å². The molecule has 45 heavy (non-hydrogen) atoms. The molecule has 4 aromatic carbocycles. The highest BCUT2D eigenvalue weighted by Gasteiger charge is 2.17. The van der Waals surface area contributed by atoms with E-state index in [1.807, 2.05) is 24.3 Å². The molecule has 8 nitrogen and oxygen atoms in total. The molecular weight excluding hydrogens is 564 g/mol. The van der Waals surface area contributed by atoms with E-state index < -0.39 is 0 Å². The van der Waals surface area contributed by atoms with Crippen LogP contribution in [0.15, 0.2) is 84.9 Å². The largest absolute Gasteiger partial charge is 0.507 e. The Balaban J connectivity index is 1.09. The lowest BCUT2D eigenvalue weighted by molar-refractivity contribution is 0.102. The topological polar surface area (TPSA) is 90.2 Å². The number of amides is 1. The first kappa shape index (κ1) is 30.2. The van der Waals surface area contributed by atoms with Crippen LogP contribution in [-0.4, -0.2) is 70.3 Å². The van der Waals surface area contributed by atoms with Crippen molar-refractivity contribution in [3.63, 3.8) is 0 Å². The van der Waals surface area contributed by atoms with E-state index in [4.69, 9.17) is 4.74 Å². The van der Waals surface area contributed by atoms with Crippen LogP contribution in [0.1, 0.15) is 28.0 Å². The van der Waals surface area contributed by atoms with Crippen LogP contribution < -0.4 is 10.1 Å². The van der Waals surface area contributed by atoms with Gasteiger partial charge in [0, 0.05) is 72.7 Å². The summed E-state index contributed by atoms with van der Waals surface area (Å²) in [6.07, 6.45) is 1.12. The van der Waals surface area contributed by atoms with Gasteiger partial charge in [0.05, 0.1) is 5.56 Å². The maximum absolute atomic E-state index is 12.9. The molecule has 0 spiro atoms. The molecule has 0 aliphatic carbocycles. The summed E-state index contributed by atoms with van der Waals surface area (Å²) in [6, 6.07) is 25.1. The smallest absolute Gasteiger partial charge is 0.255 e. The van der Waals surface area contributed by atoms with Crippen LogP contribution in [0.25, 0.3) is 22.0 Å². The van der Waals surface area contributed by atoms with Crippen LogP contribution in [0.4, 0.5) is 5.69 Å². The van der Waals surface area contributed by atoms with Crippen molar-refractivity contribution in [3.8, 4) is 34.1 Å². The lowest BCUT2D eigenvalue weighted by Crippen LogP contribution is -2.44. The Labute approximate surface area is 264 Å². The zero-order valence-electron chi connectivity index (χ0n) is 26.1. The van der Waals surface area contributed by atoms with E-state index in [-0.39, 0.29) is 17.4 Å². The summed E-state index contributed by atoms with van der Waals surface area (Å²) in [7, 11) is 2.19. The number of likely N-dealkylation sites (N-methyl/N-ethyl adjacent to an activating group) is 1. The molecule has 0 unspecified atom stereocenters. The molecule has 0 radical (unpaired) electrons. The third-order valence-electron chi connectivity index (χ3n) is 8.83. The van der Waals surface area contributed by atoms with Gasteiger partial charge in [-0.15, -0.1) is 0 Å². The minimum Gasteiger partial charge on any atom is -0.507 e. The Hall–Kier alpha value is -4.79. The van der Waals surface area contributed by atoms with Gasteiger partial charge in [-0.25, -0.2) is 0 Å². The van der Waals surface area contributed by atoms with Gasteiger partial charge in [0.2, 0.25) is 0 Å². The highest BCUT2D eigenvalue weighted by Crippen LogP contribution is 2.40. The van der Waals surface area contributed by atoms with Gasteiger partial charge >= 0.3 is 0 Å². The number of nitrogens with zero attached hydrogens (tertiary/aromatic N) is 3. The number of carbonyl (C=O) groups excluding carboxylic acids is 1. The zero-order valence-corrected chi connectivity index (χ0v) is 26.1. The van der Waals surface area contributed by atoms with Crippen LogP contribution in [0.3, 0.4) is 0 Å². The minimum absolute atomic E-state index is 0.122. The van der Waals surface area contributed by atoms with E-state index in [9.17, 15) is 15.0 Å². The fourth-order valence-corrected chi connectivity index (χ4v) is 6.10. The number of carbonyl (C=O) groups is 1. The number of phenols is 2. The Morgan fingerprint density at radius 2 is 1.49 bits per heavy atom. The molecule has 2 heterocycles. The van der Waals surface area contributed by atoms with E-state index >= 15 is 0 Å². The van der Waals surface area contributed by atoms with Gasteiger partial charge in [-0.1, -0.05) is 30.3 Å². The molecule has 6 rings (SSSR count). The quantitative estimate of drug-likeness (QED) is 0.168. The Bertz CT molecular complexity index is 1780. The van der Waals surface area contributed by atoms with Gasteiger partial charge < -0.3 is 34.6 Å². The molecule has 8 heteroatoms. The van der Waals surface area contributed by atoms with Crippen molar-refractivity contribution in [2.45, 2.75) is 26.8 Å². The molecule has 1 amide bonds. The summed E-state index contributed by atoms with van der Waals surface area (Å²) in [5.74, 6) is 0.748. The molecule has 0 bridgehead atoms. The lowest BCUT2D eigenvalue weighted by atomic mass is 10.0. The first-order valence-corrected chi connectivity index (χ1v) is 15.5. The summed E-state index contributed by atoms with van der Waals surface area (Å²) in [5, 5.41) is 25.0. The van der Waals surface area contributed by atoms with Crippen molar-refractivity contribution in [1.82, 2.24) is 14.4 Å². The van der Waals surface area contributed by atoms with Crippen LogP contribution >= 0.6 is 0 Å². The van der Waals surface area contributed by atoms with E-state index in [1.165, 1.54) is 34.3 Å². The summed E-state index contributed by atoms with van der Waals surface area (Å²) < 4.78 is 8.60. The minimum atomic E-state index is -0.366. The highest BCUT2D eigenvalue weighted by atomic mass is 16.5. The number of fused-ring (bicyclic) bond motifs is 1. The van der Waals surface area contributed by atoms with Crippen LogP contribution in [-0.2, 0) is 6.54 Å². The van der Waals surface area contributed by atoms with E-state index in [0.29, 0.717) is 28.1 Å². The predicted molar refractivity (Wildman–Crippen MR) is 180 cm³/mol. The number of nitrogens with one attached hydrogen (secondary N) is 1. The third kappa shape index (κ3) is 6.67.